The van der Waals surface area contributed by atoms with Crippen LogP contribution in [0.3, 0.4) is 0 Å². The number of nitrogens with one attached hydrogen (secondary N) is 1. The van der Waals surface area contributed by atoms with Gasteiger partial charge in [-0.2, -0.15) is 5.10 Å². The number of nitrogens with zero attached hydrogens (tertiary/aromatic N) is 2. The van der Waals surface area contributed by atoms with Gasteiger partial charge in [0.15, 0.2) is 5.82 Å². The summed E-state index contributed by atoms with van der Waals surface area (Å²) in [6, 6.07) is 14.5. The molecule has 0 bridgehead atoms. The highest BCUT2D eigenvalue weighted by molar-refractivity contribution is 5.95. The number of hydrogen-bond donors (Lipinski definition) is 2. The van der Waals surface area contributed by atoms with E-state index in [1.165, 1.54) is 10.8 Å². The Labute approximate surface area is 118 Å². The molecule has 0 unspecified atom stereocenters. The van der Waals surface area contributed by atoms with E-state index in [0.29, 0.717) is 0 Å². The Balaban J connectivity index is 2.08. The van der Waals surface area contributed by atoms with Crippen LogP contribution in [0.1, 0.15) is 12.6 Å². The summed E-state index contributed by atoms with van der Waals surface area (Å²) in [5.41, 5.74) is 8.85. The van der Waals surface area contributed by atoms with E-state index in [2.05, 4.69) is 41.6 Å². The Bertz CT molecular complexity index is 753. The number of hydrogen-bond acceptors (Lipinski definition) is 3. The number of aryl methyl sites for hydroxylation is 2. The van der Waals surface area contributed by atoms with Crippen molar-refractivity contribution in [3.8, 4) is 0 Å². The Morgan fingerprint density at radius 2 is 1.90 bits per heavy atom. The summed E-state index contributed by atoms with van der Waals surface area (Å²) >= 11 is 0. The zero-order valence-corrected chi connectivity index (χ0v) is 11.7. The van der Waals surface area contributed by atoms with Gasteiger partial charge in [-0.25, -0.2) is 0 Å². The molecule has 0 aliphatic carbocycles. The van der Waals surface area contributed by atoms with Crippen molar-refractivity contribution in [1.82, 2.24) is 9.78 Å². The maximum Gasteiger partial charge on any atom is 0.152 e. The fourth-order valence-electron chi connectivity index (χ4n) is 2.47. The van der Waals surface area contributed by atoms with Crippen LogP contribution in [0.4, 0.5) is 17.2 Å². The molecule has 1 heterocycles. The molecule has 0 saturated heterocycles. The first-order valence-electron chi connectivity index (χ1n) is 6.77. The summed E-state index contributed by atoms with van der Waals surface area (Å²) in [7, 11) is 1.91. The van der Waals surface area contributed by atoms with Gasteiger partial charge in [0.1, 0.15) is 0 Å². The fourth-order valence-corrected chi connectivity index (χ4v) is 2.47. The minimum atomic E-state index is 0.725. The van der Waals surface area contributed by atoms with Gasteiger partial charge in [-0.1, -0.05) is 43.3 Å². The molecular formula is C16H18N4. The summed E-state index contributed by atoms with van der Waals surface area (Å²) in [6.07, 6.45) is 0.830. The van der Waals surface area contributed by atoms with Crippen molar-refractivity contribution in [3.05, 3.63) is 48.2 Å². The van der Waals surface area contributed by atoms with Crippen molar-refractivity contribution in [2.75, 3.05) is 11.1 Å². The lowest BCUT2D eigenvalue weighted by Crippen LogP contribution is -2.01. The van der Waals surface area contributed by atoms with Gasteiger partial charge in [-0.15, -0.1) is 0 Å². The molecule has 0 radical (unpaired) electrons. The maximum absolute atomic E-state index is 6.16. The molecule has 0 aliphatic heterocycles. The predicted octanol–water partition coefficient (Wildman–Crippen LogP) is 3.46. The molecule has 3 aromatic rings. The van der Waals surface area contributed by atoms with Crippen LogP contribution >= 0.6 is 0 Å². The molecule has 0 atom stereocenters. The van der Waals surface area contributed by atoms with Crippen LogP contribution in [0.2, 0.25) is 0 Å². The van der Waals surface area contributed by atoms with Crippen LogP contribution in [-0.2, 0) is 13.5 Å². The number of anilines is 3. The number of fused-ring (bicyclic) bond motifs is 1. The highest BCUT2D eigenvalue weighted by atomic mass is 15.3. The number of rotatable bonds is 3. The number of nitrogen functional groups attached to an aromatic ring is 1. The lowest BCUT2D eigenvalue weighted by molar-refractivity contribution is 0.754. The summed E-state index contributed by atoms with van der Waals surface area (Å²) in [5.74, 6) is 0.846. The van der Waals surface area contributed by atoms with Crippen molar-refractivity contribution in [1.29, 1.82) is 0 Å². The van der Waals surface area contributed by atoms with Gasteiger partial charge in [0, 0.05) is 18.1 Å². The molecule has 0 saturated carbocycles. The van der Waals surface area contributed by atoms with Crippen LogP contribution in [0.25, 0.3) is 10.8 Å². The van der Waals surface area contributed by atoms with E-state index in [4.69, 9.17) is 5.73 Å². The summed E-state index contributed by atoms with van der Waals surface area (Å²) in [4.78, 5) is 0. The van der Waals surface area contributed by atoms with E-state index < -0.39 is 0 Å². The summed E-state index contributed by atoms with van der Waals surface area (Å²) < 4.78 is 1.80. The third kappa shape index (κ3) is 1.99. The first-order chi connectivity index (χ1) is 9.70. The van der Waals surface area contributed by atoms with Crippen molar-refractivity contribution in [2.45, 2.75) is 13.3 Å². The SMILES string of the molecule is CCc1nn(C)c(Nc2cccc3ccccc23)c1N. The van der Waals surface area contributed by atoms with E-state index in [1.807, 2.05) is 25.2 Å². The molecule has 4 heteroatoms. The average molecular weight is 266 g/mol. The fraction of sp³-hybridized carbons (Fsp3) is 0.188. The molecule has 0 aliphatic rings. The Morgan fingerprint density at radius 1 is 1.15 bits per heavy atom. The average Bonchev–Trinajstić information content (AvgIpc) is 2.75. The molecule has 102 valence electrons. The van der Waals surface area contributed by atoms with E-state index in [0.717, 1.165) is 29.3 Å². The van der Waals surface area contributed by atoms with Gasteiger partial charge in [0.2, 0.25) is 0 Å². The second-order valence-electron chi connectivity index (χ2n) is 4.84. The minimum absolute atomic E-state index is 0.725. The van der Waals surface area contributed by atoms with Crippen molar-refractivity contribution in [2.24, 2.45) is 7.05 Å². The van der Waals surface area contributed by atoms with Crippen LogP contribution < -0.4 is 11.1 Å². The molecule has 0 amide bonds. The van der Waals surface area contributed by atoms with Gasteiger partial charge in [-0.3, -0.25) is 4.68 Å². The van der Waals surface area contributed by atoms with E-state index in [9.17, 15) is 0 Å². The molecule has 0 fully saturated rings. The second-order valence-corrected chi connectivity index (χ2v) is 4.84. The smallest absolute Gasteiger partial charge is 0.152 e. The maximum atomic E-state index is 6.16. The predicted molar refractivity (Wildman–Crippen MR) is 84.2 cm³/mol. The van der Waals surface area contributed by atoms with Crippen molar-refractivity contribution in [3.63, 3.8) is 0 Å². The molecule has 3 N–H and O–H groups in total. The van der Waals surface area contributed by atoms with Gasteiger partial charge >= 0.3 is 0 Å². The standard InChI is InChI=1S/C16H18N4/c1-3-13-15(17)16(20(2)19-13)18-14-10-6-8-11-7-4-5-9-12(11)14/h4-10,18H,3,17H2,1-2H3. The van der Waals surface area contributed by atoms with Crippen LogP contribution in [0.5, 0.6) is 0 Å². The Hall–Kier alpha value is -2.49. The highest BCUT2D eigenvalue weighted by Crippen LogP contribution is 2.30. The van der Waals surface area contributed by atoms with Gasteiger partial charge < -0.3 is 11.1 Å². The Morgan fingerprint density at radius 3 is 2.65 bits per heavy atom. The zero-order valence-electron chi connectivity index (χ0n) is 11.7. The molecular weight excluding hydrogens is 248 g/mol. The number of nitrogens with two attached hydrogens (primary N) is 1. The number of aromatic nitrogens is 2. The molecule has 4 nitrogen and oxygen atoms in total. The number of benzene rings is 2. The quantitative estimate of drug-likeness (QED) is 0.763. The van der Waals surface area contributed by atoms with Gasteiger partial charge in [0.25, 0.3) is 0 Å². The van der Waals surface area contributed by atoms with Crippen LogP contribution in [-0.4, -0.2) is 9.78 Å². The minimum Gasteiger partial charge on any atom is -0.394 e. The van der Waals surface area contributed by atoms with Gasteiger partial charge in [-0.05, 0) is 17.9 Å². The zero-order chi connectivity index (χ0) is 14.1. The van der Waals surface area contributed by atoms with E-state index >= 15 is 0 Å². The lowest BCUT2D eigenvalue weighted by Gasteiger charge is -2.10. The third-order valence-electron chi connectivity index (χ3n) is 3.54. The molecule has 0 spiro atoms. The first-order valence-corrected chi connectivity index (χ1v) is 6.77. The Kier molecular flexibility index (Phi) is 3.06. The van der Waals surface area contributed by atoms with E-state index in [1.54, 1.807) is 4.68 Å². The monoisotopic (exact) mass is 266 g/mol. The summed E-state index contributed by atoms with van der Waals surface area (Å²) in [5, 5.41) is 10.2. The first kappa shape index (κ1) is 12.5. The largest absolute Gasteiger partial charge is 0.394 e. The second kappa shape index (κ2) is 4.89. The molecule has 20 heavy (non-hydrogen) atoms. The normalized spacial score (nSPS) is 10.9. The topological polar surface area (TPSA) is 55.9 Å². The van der Waals surface area contributed by atoms with Crippen LogP contribution in [0.15, 0.2) is 42.5 Å². The van der Waals surface area contributed by atoms with Crippen molar-refractivity contribution < 1.29 is 0 Å². The van der Waals surface area contributed by atoms with E-state index in [-0.39, 0.29) is 0 Å². The lowest BCUT2D eigenvalue weighted by atomic mass is 10.1. The summed E-state index contributed by atoms with van der Waals surface area (Å²) in [6.45, 7) is 2.06. The van der Waals surface area contributed by atoms with Crippen molar-refractivity contribution >= 4 is 28.0 Å². The molecule has 2 aromatic carbocycles. The molecule has 1 aromatic heterocycles. The van der Waals surface area contributed by atoms with Gasteiger partial charge in [0.05, 0.1) is 11.4 Å². The highest BCUT2D eigenvalue weighted by Gasteiger charge is 2.12. The third-order valence-corrected chi connectivity index (χ3v) is 3.54. The van der Waals surface area contributed by atoms with Crippen LogP contribution in [0, 0.1) is 0 Å². The molecule has 3 rings (SSSR count).